The molecule has 0 aliphatic heterocycles. The molecule has 0 atom stereocenters. The number of hydrogen-bond donors (Lipinski definition) is 0. The summed E-state index contributed by atoms with van der Waals surface area (Å²) in [5, 5.41) is 0. The van der Waals surface area contributed by atoms with Crippen LogP contribution < -0.4 is 0 Å². The molecule has 0 N–H and O–H groups in total. The molecule has 1 aromatic carbocycles. The average Bonchev–Trinajstić information content (AvgIpc) is 2.02. The molecule has 0 heterocycles. The zero-order valence-electron chi connectivity index (χ0n) is 8.19. The fraction of sp³-hybridized carbons (Fsp3) is 0.333. The molecule has 68 valence electrons. The van der Waals surface area contributed by atoms with Crippen molar-refractivity contribution >= 4 is 0 Å². The molecule has 1 aromatic rings. The normalized spacial score (nSPS) is 11.0. The average molecular weight is 176 g/mol. The molecule has 1 rings (SSSR count). The Balaban J connectivity index is 3.34. The first-order valence-corrected chi connectivity index (χ1v) is 4.22. The number of hydrogen-bond acceptors (Lipinski definition) is 0. The van der Waals surface area contributed by atoms with Crippen molar-refractivity contribution in [1.29, 1.82) is 0 Å². The van der Waals surface area contributed by atoms with Crippen molar-refractivity contribution in [3.63, 3.8) is 0 Å². The molecule has 0 radical (unpaired) electrons. The fourth-order valence-corrected chi connectivity index (χ4v) is 1.22. The molecule has 1 heteroatoms. The van der Waals surface area contributed by atoms with Gasteiger partial charge in [-0.1, -0.05) is 38.8 Å². The Morgan fingerprint density at radius 2 is 1.92 bits per heavy atom. The predicted octanol–water partition coefficient (Wildman–Crippen LogP) is 3.10. The Bertz CT molecular complexity index is 350. The van der Waals surface area contributed by atoms with Crippen molar-refractivity contribution in [3.05, 3.63) is 35.1 Å². The smallest absolute Gasteiger partial charge is 0.142 e. The topological polar surface area (TPSA) is 0 Å². The molecule has 0 unspecified atom stereocenters. The number of terminal acetylenes is 1. The molecule has 0 fully saturated rings. The maximum absolute atomic E-state index is 13.6. The van der Waals surface area contributed by atoms with E-state index in [-0.39, 0.29) is 11.2 Å². The summed E-state index contributed by atoms with van der Waals surface area (Å²) < 4.78 is 13.6. The van der Waals surface area contributed by atoms with Crippen LogP contribution in [0.5, 0.6) is 0 Å². The highest BCUT2D eigenvalue weighted by Gasteiger charge is 2.19. The van der Waals surface area contributed by atoms with Crippen molar-refractivity contribution in [2.45, 2.75) is 26.2 Å². The lowest BCUT2D eigenvalue weighted by Crippen LogP contribution is -2.14. The summed E-state index contributed by atoms with van der Waals surface area (Å²) in [6.45, 7) is 5.89. The largest absolute Gasteiger partial charge is 0.205 e. The Morgan fingerprint density at radius 1 is 1.31 bits per heavy atom. The fourth-order valence-electron chi connectivity index (χ4n) is 1.22. The minimum Gasteiger partial charge on any atom is -0.205 e. The maximum atomic E-state index is 13.6. The molecule has 0 bridgehead atoms. The summed E-state index contributed by atoms with van der Waals surface area (Å²) in [5.41, 5.74) is 0.812. The lowest BCUT2D eigenvalue weighted by molar-refractivity contribution is 0.521. The SMILES string of the molecule is C#Cc1cccc(C(C)(C)C)c1F. The van der Waals surface area contributed by atoms with E-state index in [1.54, 1.807) is 18.2 Å². The van der Waals surface area contributed by atoms with Gasteiger partial charge in [-0.05, 0) is 17.0 Å². The van der Waals surface area contributed by atoms with Crippen LogP contribution >= 0.6 is 0 Å². The third-order valence-corrected chi connectivity index (χ3v) is 1.96. The van der Waals surface area contributed by atoms with Gasteiger partial charge in [-0.15, -0.1) is 6.42 Å². The summed E-state index contributed by atoms with van der Waals surface area (Å²) >= 11 is 0. The second kappa shape index (κ2) is 3.22. The molecule has 13 heavy (non-hydrogen) atoms. The number of rotatable bonds is 0. The highest BCUT2D eigenvalue weighted by Crippen LogP contribution is 2.26. The third kappa shape index (κ3) is 1.89. The summed E-state index contributed by atoms with van der Waals surface area (Å²) in [6.07, 6.45) is 5.17. The van der Waals surface area contributed by atoms with Gasteiger partial charge in [-0.3, -0.25) is 0 Å². The van der Waals surface area contributed by atoms with Crippen LogP contribution in [-0.4, -0.2) is 0 Å². The van der Waals surface area contributed by atoms with E-state index in [0.29, 0.717) is 11.1 Å². The van der Waals surface area contributed by atoms with Crippen molar-refractivity contribution in [2.24, 2.45) is 0 Å². The van der Waals surface area contributed by atoms with Gasteiger partial charge in [-0.25, -0.2) is 4.39 Å². The highest BCUT2D eigenvalue weighted by molar-refractivity contribution is 5.39. The minimum absolute atomic E-state index is 0.197. The summed E-state index contributed by atoms with van der Waals surface area (Å²) in [6, 6.07) is 5.18. The Labute approximate surface area is 78.8 Å². The zero-order chi connectivity index (χ0) is 10.1. The molecule has 0 nitrogen and oxygen atoms in total. The van der Waals surface area contributed by atoms with Gasteiger partial charge >= 0.3 is 0 Å². The van der Waals surface area contributed by atoms with Gasteiger partial charge < -0.3 is 0 Å². The van der Waals surface area contributed by atoms with Gasteiger partial charge in [0, 0.05) is 0 Å². The van der Waals surface area contributed by atoms with E-state index in [2.05, 4.69) is 5.92 Å². The maximum Gasteiger partial charge on any atom is 0.142 e. The first kappa shape index (κ1) is 9.80. The third-order valence-electron chi connectivity index (χ3n) is 1.96. The summed E-state index contributed by atoms with van der Waals surface area (Å²) in [4.78, 5) is 0. The second-order valence-electron chi connectivity index (χ2n) is 4.06. The van der Waals surface area contributed by atoms with Crippen LogP contribution in [0.2, 0.25) is 0 Å². The lowest BCUT2D eigenvalue weighted by atomic mass is 9.86. The number of benzene rings is 1. The highest BCUT2D eigenvalue weighted by atomic mass is 19.1. The van der Waals surface area contributed by atoms with Gasteiger partial charge in [-0.2, -0.15) is 0 Å². The second-order valence-corrected chi connectivity index (χ2v) is 4.06. The Hall–Kier alpha value is -1.29. The van der Waals surface area contributed by atoms with Crippen LogP contribution in [0.4, 0.5) is 4.39 Å². The van der Waals surface area contributed by atoms with E-state index in [1.807, 2.05) is 20.8 Å². The lowest BCUT2D eigenvalue weighted by Gasteiger charge is -2.20. The van der Waals surface area contributed by atoms with Crippen LogP contribution in [0, 0.1) is 18.2 Å². The first-order valence-electron chi connectivity index (χ1n) is 4.22. The van der Waals surface area contributed by atoms with Gasteiger partial charge in [0.2, 0.25) is 0 Å². The van der Waals surface area contributed by atoms with Gasteiger partial charge in [0.15, 0.2) is 0 Å². The quantitative estimate of drug-likeness (QED) is 0.533. The molecule has 0 aromatic heterocycles. The Kier molecular flexibility index (Phi) is 2.43. The van der Waals surface area contributed by atoms with E-state index >= 15 is 0 Å². The van der Waals surface area contributed by atoms with Crippen LogP contribution in [0.25, 0.3) is 0 Å². The van der Waals surface area contributed by atoms with E-state index in [9.17, 15) is 4.39 Å². The first-order chi connectivity index (χ1) is 5.96. The standard InChI is InChI=1S/C12H13F/c1-5-9-7-6-8-10(11(9)13)12(2,3)4/h1,6-8H,2-4H3. The van der Waals surface area contributed by atoms with Crippen molar-refractivity contribution < 1.29 is 4.39 Å². The van der Waals surface area contributed by atoms with E-state index < -0.39 is 0 Å². The zero-order valence-corrected chi connectivity index (χ0v) is 8.19. The molecule has 0 amide bonds. The van der Waals surface area contributed by atoms with Crippen LogP contribution in [0.1, 0.15) is 31.9 Å². The van der Waals surface area contributed by atoms with Crippen LogP contribution in [0.3, 0.4) is 0 Å². The van der Waals surface area contributed by atoms with Crippen molar-refractivity contribution in [1.82, 2.24) is 0 Å². The van der Waals surface area contributed by atoms with Crippen molar-refractivity contribution in [2.75, 3.05) is 0 Å². The Morgan fingerprint density at radius 3 is 2.38 bits per heavy atom. The summed E-state index contributed by atoms with van der Waals surface area (Å²) in [7, 11) is 0. The number of halogens is 1. The molecule has 0 saturated carbocycles. The predicted molar refractivity (Wildman–Crippen MR) is 53.0 cm³/mol. The molecular weight excluding hydrogens is 163 g/mol. The molecule has 0 aliphatic rings. The molecule has 0 aliphatic carbocycles. The van der Waals surface area contributed by atoms with Crippen LogP contribution in [-0.2, 0) is 5.41 Å². The van der Waals surface area contributed by atoms with E-state index in [1.165, 1.54) is 0 Å². The molecular formula is C12H13F. The van der Waals surface area contributed by atoms with E-state index in [0.717, 1.165) is 0 Å². The van der Waals surface area contributed by atoms with E-state index in [4.69, 9.17) is 6.42 Å². The van der Waals surface area contributed by atoms with Gasteiger partial charge in [0.05, 0.1) is 5.56 Å². The summed E-state index contributed by atoms with van der Waals surface area (Å²) in [5.74, 6) is 2.07. The van der Waals surface area contributed by atoms with Gasteiger partial charge in [0.1, 0.15) is 5.82 Å². The minimum atomic E-state index is -0.266. The van der Waals surface area contributed by atoms with Gasteiger partial charge in [0.25, 0.3) is 0 Å². The monoisotopic (exact) mass is 176 g/mol. The molecule has 0 spiro atoms. The molecule has 0 saturated heterocycles. The van der Waals surface area contributed by atoms with Crippen LogP contribution in [0.15, 0.2) is 18.2 Å². The van der Waals surface area contributed by atoms with Crippen molar-refractivity contribution in [3.8, 4) is 12.3 Å².